The Hall–Kier alpha value is -2.21. The number of rotatable bonds is 6. The minimum Gasteiger partial charge on any atom is -0.350 e. The molecule has 1 heterocycles. The number of nitro benzene ring substituents is 1. The van der Waals surface area contributed by atoms with Crippen LogP contribution in [0, 0.1) is 15.9 Å². The Kier molecular flexibility index (Phi) is 4.70. The average molecular weight is 291 g/mol. The first-order valence-corrected chi connectivity index (χ1v) is 6.82. The van der Waals surface area contributed by atoms with Crippen LogP contribution in [0.3, 0.4) is 0 Å². The molecule has 0 radical (unpaired) electrons. The number of nitrogens with two attached hydrogens (primary N) is 1. The number of hydrogen-bond acceptors (Lipinski definition) is 3. The molecule has 0 aliphatic carbocycles. The molecule has 0 aliphatic rings. The molecule has 0 fully saturated rings. The maximum atomic E-state index is 13.6. The molecule has 1 atom stereocenters. The van der Waals surface area contributed by atoms with Crippen molar-refractivity contribution in [1.29, 1.82) is 0 Å². The molecule has 2 N–H and O–H groups in total. The molecule has 0 amide bonds. The Morgan fingerprint density at radius 3 is 2.76 bits per heavy atom. The third-order valence-electron chi connectivity index (χ3n) is 3.41. The smallest absolute Gasteiger partial charge is 0.304 e. The Morgan fingerprint density at radius 2 is 2.14 bits per heavy atom. The second-order valence-electron chi connectivity index (χ2n) is 5.11. The standard InChI is InChI=1S/C15H18FN3O2/c1-2-13(17)7-12-5-6-18(10-12)9-11-3-4-15(19(20)21)14(16)8-11/h3-6,8,10,13H,2,7,9,17H2,1H3. The van der Waals surface area contributed by atoms with E-state index in [4.69, 9.17) is 5.73 Å². The highest BCUT2D eigenvalue weighted by molar-refractivity contribution is 5.35. The third kappa shape index (κ3) is 3.88. The van der Waals surface area contributed by atoms with E-state index in [0.717, 1.165) is 18.4 Å². The van der Waals surface area contributed by atoms with Gasteiger partial charge in [-0.05, 0) is 36.1 Å². The van der Waals surface area contributed by atoms with E-state index >= 15 is 0 Å². The highest BCUT2D eigenvalue weighted by Gasteiger charge is 2.13. The van der Waals surface area contributed by atoms with E-state index in [-0.39, 0.29) is 6.04 Å². The molecule has 1 unspecified atom stereocenters. The largest absolute Gasteiger partial charge is 0.350 e. The molecule has 5 nitrogen and oxygen atoms in total. The van der Waals surface area contributed by atoms with Crippen LogP contribution in [0.5, 0.6) is 0 Å². The first-order valence-electron chi connectivity index (χ1n) is 6.82. The molecule has 1 aromatic heterocycles. The van der Waals surface area contributed by atoms with Gasteiger partial charge >= 0.3 is 5.69 Å². The van der Waals surface area contributed by atoms with Gasteiger partial charge in [-0.25, -0.2) is 0 Å². The lowest BCUT2D eigenvalue weighted by Crippen LogP contribution is -2.21. The Labute approximate surface area is 122 Å². The number of halogens is 1. The van der Waals surface area contributed by atoms with E-state index in [1.807, 2.05) is 30.0 Å². The molecule has 0 saturated carbocycles. The average Bonchev–Trinajstić information content (AvgIpc) is 2.85. The van der Waals surface area contributed by atoms with Crippen LogP contribution in [0.25, 0.3) is 0 Å². The number of nitro groups is 1. The van der Waals surface area contributed by atoms with Gasteiger partial charge in [0.15, 0.2) is 0 Å². The Balaban J connectivity index is 2.08. The zero-order valence-corrected chi connectivity index (χ0v) is 11.8. The van der Waals surface area contributed by atoms with Gasteiger partial charge in [0.05, 0.1) is 4.92 Å². The fourth-order valence-corrected chi connectivity index (χ4v) is 2.16. The molecule has 6 heteroatoms. The molecule has 1 aromatic carbocycles. The summed E-state index contributed by atoms with van der Waals surface area (Å²) in [5.74, 6) is -0.808. The Bertz CT molecular complexity index is 640. The van der Waals surface area contributed by atoms with Gasteiger partial charge in [0.2, 0.25) is 5.82 Å². The van der Waals surface area contributed by atoms with E-state index in [1.54, 1.807) is 6.07 Å². The van der Waals surface area contributed by atoms with Crippen LogP contribution in [0.2, 0.25) is 0 Å². The summed E-state index contributed by atoms with van der Waals surface area (Å²) in [5, 5.41) is 10.6. The van der Waals surface area contributed by atoms with E-state index in [2.05, 4.69) is 0 Å². The lowest BCUT2D eigenvalue weighted by Gasteiger charge is -2.06. The van der Waals surface area contributed by atoms with Gasteiger partial charge in [-0.1, -0.05) is 13.0 Å². The van der Waals surface area contributed by atoms with Gasteiger partial charge in [-0.3, -0.25) is 10.1 Å². The van der Waals surface area contributed by atoms with Gasteiger partial charge in [-0.2, -0.15) is 4.39 Å². The van der Waals surface area contributed by atoms with Crippen molar-refractivity contribution in [1.82, 2.24) is 4.57 Å². The molecule has 0 aliphatic heterocycles. The van der Waals surface area contributed by atoms with Crippen molar-refractivity contribution < 1.29 is 9.31 Å². The zero-order chi connectivity index (χ0) is 15.4. The van der Waals surface area contributed by atoms with Crippen molar-refractivity contribution in [2.45, 2.75) is 32.4 Å². The molecular weight excluding hydrogens is 273 g/mol. The highest BCUT2D eigenvalue weighted by atomic mass is 19.1. The van der Waals surface area contributed by atoms with Crippen molar-refractivity contribution in [3.05, 3.63) is 63.7 Å². The summed E-state index contributed by atoms with van der Waals surface area (Å²) >= 11 is 0. The predicted octanol–water partition coefficient (Wildman–Crippen LogP) is 2.86. The monoisotopic (exact) mass is 291 g/mol. The van der Waals surface area contributed by atoms with Gasteiger partial charge in [0.25, 0.3) is 0 Å². The lowest BCUT2D eigenvalue weighted by molar-refractivity contribution is -0.387. The lowest BCUT2D eigenvalue weighted by atomic mass is 10.1. The molecule has 0 saturated heterocycles. The van der Waals surface area contributed by atoms with Crippen LogP contribution in [0.4, 0.5) is 10.1 Å². The van der Waals surface area contributed by atoms with Crippen molar-refractivity contribution in [3.8, 4) is 0 Å². The summed E-state index contributed by atoms with van der Waals surface area (Å²) in [7, 11) is 0. The van der Waals surface area contributed by atoms with Crippen LogP contribution in [-0.2, 0) is 13.0 Å². The van der Waals surface area contributed by atoms with Gasteiger partial charge in [0, 0.05) is 31.0 Å². The minimum absolute atomic E-state index is 0.137. The van der Waals surface area contributed by atoms with Crippen LogP contribution in [0.15, 0.2) is 36.7 Å². The van der Waals surface area contributed by atoms with E-state index < -0.39 is 16.4 Å². The number of aromatic nitrogens is 1. The molecule has 21 heavy (non-hydrogen) atoms. The number of nitrogens with zero attached hydrogens (tertiary/aromatic N) is 2. The molecule has 0 spiro atoms. The summed E-state index contributed by atoms with van der Waals surface area (Å²) < 4.78 is 15.5. The first-order chi connectivity index (χ1) is 9.99. The van der Waals surface area contributed by atoms with Crippen LogP contribution >= 0.6 is 0 Å². The van der Waals surface area contributed by atoms with E-state index in [0.29, 0.717) is 12.1 Å². The third-order valence-corrected chi connectivity index (χ3v) is 3.41. The molecule has 2 aromatic rings. The van der Waals surface area contributed by atoms with Gasteiger partial charge in [-0.15, -0.1) is 0 Å². The van der Waals surface area contributed by atoms with Crippen LogP contribution in [-0.4, -0.2) is 15.5 Å². The highest BCUT2D eigenvalue weighted by Crippen LogP contribution is 2.19. The van der Waals surface area contributed by atoms with E-state index in [9.17, 15) is 14.5 Å². The second kappa shape index (κ2) is 6.49. The van der Waals surface area contributed by atoms with Crippen LogP contribution in [0.1, 0.15) is 24.5 Å². The molecular formula is C15H18FN3O2. The number of hydrogen-bond donors (Lipinski definition) is 1. The first kappa shape index (κ1) is 15.2. The van der Waals surface area contributed by atoms with Crippen molar-refractivity contribution in [2.24, 2.45) is 5.73 Å². The van der Waals surface area contributed by atoms with Crippen molar-refractivity contribution >= 4 is 5.69 Å². The summed E-state index contributed by atoms with van der Waals surface area (Å²) in [5.41, 5.74) is 7.22. The Morgan fingerprint density at radius 1 is 1.38 bits per heavy atom. The van der Waals surface area contributed by atoms with E-state index in [1.165, 1.54) is 12.1 Å². The molecule has 0 bridgehead atoms. The summed E-state index contributed by atoms with van der Waals surface area (Å²) in [6.07, 6.45) is 5.59. The second-order valence-corrected chi connectivity index (χ2v) is 5.11. The topological polar surface area (TPSA) is 74.1 Å². The fourth-order valence-electron chi connectivity index (χ4n) is 2.16. The molecule has 2 rings (SSSR count). The summed E-state index contributed by atoms with van der Waals surface area (Å²) in [6.45, 7) is 2.51. The summed E-state index contributed by atoms with van der Waals surface area (Å²) in [6, 6.07) is 6.09. The quantitative estimate of drug-likeness (QED) is 0.657. The van der Waals surface area contributed by atoms with Gasteiger partial charge in [0.1, 0.15) is 0 Å². The predicted molar refractivity (Wildman–Crippen MR) is 78.6 cm³/mol. The minimum atomic E-state index is -0.808. The number of benzene rings is 1. The SMILES string of the molecule is CCC(N)Cc1ccn(Cc2ccc([N+](=O)[O-])c(F)c2)c1. The fraction of sp³-hybridized carbons (Fsp3) is 0.333. The maximum Gasteiger partial charge on any atom is 0.304 e. The van der Waals surface area contributed by atoms with Crippen LogP contribution < -0.4 is 5.73 Å². The van der Waals surface area contributed by atoms with Gasteiger partial charge < -0.3 is 10.3 Å². The maximum absolute atomic E-state index is 13.6. The van der Waals surface area contributed by atoms with Crippen molar-refractivity contribution in [2.75, 3.05) is 0 Å². The normalized spacial score (nSPS) is 12.3. The molecule has 112 valence electrons. The zero-order valence-electron chi connectivity index (χ0n) is 11.8. The van der Waals surface area contributed by atoms with Crippen molar-refractivity contribution in [3.63, 3.8) is 0 Å². The summed E-state index contributed by atoms with van der Waals surface area (Å²) in [4.78, 5) is 9.85.